The summed E-state index contributed by atoms with van der Waals surface area (Å²) >= 11 is 0. The molecule has 0 aromatic heterocycles. The number of hydrogen-bond acceptors (Lipinski definition) is 3. The number of carboxylic acids is 1. The van der Waals surface area contributed by atoms with Gasteiger partial charge in [-0.3, -0.25) is 4.79 Å². The predicted octanol–water partition coefficient (Wildman–Crippen LogP) is 1.08. The van der Waals surface area contributed by atoms with Gasteiger partial charge in [-0.15, -0.1) is 0 Å². The summed E-state index contributed by atoms with van der Waals surface area (Å²) in [5, 5.41) is 11.9. The van der Waals surface area contributed by atoms with Crippen molar-refractivity contribution >= 4 is 12.0 Å². The summed E-state index contributed by atoms with van der Waals surface area (Å²) in [4.78, 5) is 26.8. The second-order valence-corrected chi connectivity index (χ2v) is 5.99. The molecule has 1 heterocycles. The molecule has 2 unspecified atom stereocenters. The van der Waals surface area contributed by atoms with Gasteiger partial charge in [0.2, 0.25) is 0 Å². The van der Waals surface area contributed by atoms with Gasteiger partial charge in [-0.25, -0.2) is 4.79 Å². The molecule has 20 heavy (non-hydrogen) atoms. The van der Waals surface area contributed by atoms with Crippen molar-refractivity contribution in [1.29, 1.82) is 0 Å². The summed E-state index contributed by atoms with van der Waals surface area (Å²) in [7, 11) is 2.06. The Morgan fingerprint density at radius 2 is 2.05 bits per heavy atom. The molecule has 1 saturated heterocycles. The van der Waals surface area contributed by atoms with Crippen LogP contribution in [0.5, 0.6) is 0 Å². The number of aliphatic carboxylic acids is 1. The first kappa shape index (κ1) is 16.8. The van der Waals surface area contributed by atoms with Crippen LogP contribution in [0.1, 0.15) is 27.2 Å². The topological polar surface area (TPSA) is 72.9 Å². The molecule has 0 aromatic rings. The molecule has 0 bridgehead atoms. The van der Waals surface area contributed by atoms with E-state index in [2.05, 4.69) is 31.1 Å². The van der Waals surface area contributed by atoms with Crippen LogP contribution in [-0.4, -0.2) is 66.2 Å². The summed E-state index contributed by atoms with van der Waals surface area (Å²) in [6, 6.07) is 0.356. The van der Waals surface area contributed by atoms with Gasteiger partial charge in [0, 0.05) is 25.7 Å². The molecule has 1 fully saturated rings. The van der Waals surface area contributed by atoms with Gasteiger partial charge in [0.15, 0.2) is 0 Å². The van der Waals surface area contributed by atoms with E-state index in [1.165, 1.54) is 0 Å². The monoisotopic (exact) mass is 285 g/mol. The smallest absolute Gasteiger partial charge is 0.317 e. The van der Waals surface area contributed by atoms with Crippen LogP contribution >= 0.6 is 0 Å². The largest absolute Gasteiger partial charge is 0.481 e. The molecular formula is C14H27N3O3. The fourth-order valence-corrected chi connectivity index (χ4v) is 2.35. The van der Waals surface area contributed by atoms with Gasteiger partial charge in [-0.1, -0.05) is 6.92 Å². The summed E-state index contributed by atoms with van der Waals surface area (Å²) in [6.45, 7) is 8.55. The quantitative estimate of drug-likeness (QED) is 0.716. The maximum Gasteiger partial charge on any atom is 0.317 e. The molecular weight excluding hydrogens is 258 g/mol. The number of likely N-dealkylation sites (tertiary alicyclic amines) is 1. The highest BCUT2D eigenvalue weighted by Crippen LogP contribution is 2.22. The zero-order chi connectivity index (χ0) is 15.3. The molecule has 0 spiro atoms. The minimum absolute atomic E-state index is 0.0188. The maximum absolute atomic E-state index is 11.9. The molecule has 1 rings (SSSR count). The first-order chi connectivity index (χ1) is 9.32. The van der Waals surface area contributed by atoms with Gasteiger partial charge in [-0.05, 0) is 39.8 Å². The van der Waals surface area contributed by atoms with Crippen LogP contribution in [0.3, 0.4) is 0 Å². The molecule has 1 aliphatic rings. The third-order valence-corrected chi connectivity index (χ3v) is 4.06. The van der Waals surface area contributed by atoms with Crippen molar-refractivity contribution in [2.75, 3.05) is 33.2 Å². The predicted molar refractivity (Wildman–Crippen MR) is 77.6 cm³/mol. The molecule has 2 N–H and O–H groups in total. The molecule has 6 heteroatoms. The Labute approximate surface area is 121 Å². The highest BCUT2D eigenvalue weighted by atomic mass is 16.4. The van der Waals surface area contributed by atoms with Gasteiger partial charge in [0.05, 0.1) is 5.92 Å². The number of nitrogens with one attached hydrogen (secondary N) is 1. The highest BCUT2D eigenvalue weighted by molar-refractivity contribution is 5.77. The number of rotatable bonds is 6. The Bertz CT molecular complexity index is 347. The Kier molecular flexibility index (Phi) is 6.26. The summed E-state index contributed by atoms with van der Waals surface area (Å²) in [6.07, 6.45) is 0.895. The van der Waals surface area contributed by atoms with E-state index in [0.717, 1.165) is 13.0 Å². The second kappa shape index (κ2) is 7.47. The van der Waals surface area contributed by atoms with E-state index in [0.29, 0.717) is 25.7 Å². The minimum Gasteiger partial charge on any atom is -0.481 e. The van der Waals surface area contributed by atoms with Gasteiger partial charge < -0.3 is 20.2 Å². The van der Waals surface area contributed by atoms with Crippen molar-refractivity contribution < 1.29 is 14.7 Å². The van der Waals surface area contributed by atoms with Crippen molar-refractivity contribution in [3.8, 4) is 0 Å². The van der Waals surface area contributed by atoms with E-state index in [-0.39, 0.29) is 11.9 Å². The van der Waals surface area contributed by atoms with Crippen molar-refractivity contribution in [2.45, 2.75) is 33.2 Å². The number of carboxylic acid groups (broad SMARTS) is 1. The van der Waals surface area contributed by atoms with E-state index in [4.69, 9.17) is 5.11 Å². The number of carbonyl (C=O) groups excluding carboxylic acids is 1. The molecule has 0 aromatic carbocycles. The lowest BCUT2D eigenvalue weighted by Crippen LogP contribution is -2.40. The molecule has 6 nitrogen and oxygen atoms in total. The average molecular weight is 285 g/mol. The van der Waals surface area contributed by atoms with E-state index in [9.17, 15) is 9.59 Å². The summed E-state index contributed by atoms with van der Waals surface area (Å²) in [5.41, 5.74) is 0. The van der Waals surface area contributed by atoms with Gasteiger partial charge >= 0.3 is 12.0 Å². The Balaban J connectivity index is 2.26. The van der Waals surface area contributed by atoms with E-state index >= 15 is 0 Å². The standard InChI is InChI=1S/C14H27N3O3/c1-10(2)16(4)7-5-6-15-14(20)17-8-11(3)12(9-17)13(18)19/h10-12H,5-9H2,1-4H3,(H,15,20)(H,18,19). The van der Waals surface area contributed by atoms with Crippen LogP contribution in [0.2, 0.25) is 0 Å². The summed E-state index contributed by atoms with van der Waals surface area (Å²) < 4.78 is 0. The fraction of sp³-hybridized carbons (Fsp3) is 0.857. The maximum atomic E-state index is 11.9. The number of carbonyl (C=O) groups is 2. The zero-order valence-corrected chi connectivity index (χ0v) is 12.9. The summed E-state index contributed by atoms with van der Waals surface area (Å²) in [5.74, 6) is -1.23. The van der Waals surface area contributed by atoms with Crippen molar-refractivity contribution in [1.82, 2.24) is 15.1 Å². The lowest BCUT2D eigenvalue weighted by atomic mass is 9.99. The molecule has 116 valence electrons. The SMILES string of the molecule is CC1CN(C(=O)NCCCN(C)C(C)C)CC1C(=O)O. The molecule has 1 aliphatic heterocycles. The van der Waals surface area contributed by atoms with Crippen LogP contribution < -0.4 is 5.32 Å². The Morgan fingerprint density at radius 1 is 1.40 bits per heavy atom. The second-order valence-electron chi connectivity index (χ2n) is 5.99. The first-order valence-corrected chi connectivity index (χ1v) is 7.28. The van der Waals surface area contributed by atoms with Crippen molar-refractivity contribution in [3.05, 3.63) is 0 Å². The van der Waals surface area contributed by atoms with Crippen LogP contribution in [0.4, 0.5) is 4.79 Å². The first-order valence-electron chi connectivity index (χ1n) is 7.28. The van der Waals surface area contributed by atoms with Crippen molar-refractivity contribution in [3.63, 3.8) is 0 Å². The number of amides is 2. The van der Waals surface area contributed by atoms with Gasteiger partial charge in [-0.2, -0.15) is 0 Å². The average Bonchev–Trinajstić information content (AvgIpc) is 2.76. The molecule has 0 saturated carbocycles. The molecule has 2 atom stereocenters. The molecule has 0 aliphatic carbocycles. The van der Waals surface area contributed by atoms with Crippen LogP contribution in [0, 0.1) is 11.8 Å². The lowest BCUT2D eigenvalue weighted by molar-refractivity contribution is -0.142. The van der Waals surface area contributed by atoms with E-state index in [1.807, 2.05) is 6.92 Å². The number of urea groups is 1. The van der Waals surface area contributed by atoms with E-state index < -0.39 is 11.9 Å². The highest BCUT2D eigenvalue weighted by Gasteiger charge is 2.36. The van der Waals surface area contributed by atoms with Gasteiger partial charge in [0.25, 0.3) is 0 Å². The van der Waals surface area contributed by atoms with Crippen LogP contribution in [0.25, 0.3) is 0 Å². The van der Waals surface area contributed by atoms with Crippen LogP contribution in [-0.2, 0) is 4.79 Å². The third kappa shape index (κ3) is 4.67. The van der Waals surface area contributed by atoms with E-state index in [1.54, 1.807) is 4.90 Å². The van der Waals surface area contributed by atoms with Crippen LogP contribution in [0.15, 0.2) is 0 Å². The van der Waals surface area contributed by atoms with Crippen molar-refractivity contribution in [2.24, 2.45) is 11.8 Å². The number of nitrogens with zero attached hydrogens (tertiary/aromatic N) is 2. The minimum atomic E-state index is -0.814. The number of hydrogen-bond donors (Lipinski definition) is 2. The Morgan fingerprint density at radius 3 is 2.55 bits per heavy atom. The Hall–Kier alpha value is -1.30. The third-order valence-electron chi connectivity index (χ3n) is 4.06. The molecule has 2 amide bonds. The molecule has 0 radical (unpaired) electrons. The fourth-order valence-electron chi connectivity index (χ4n) is 2.35. The lowest BCUT2D eigenvalue weighted by Gasteiger charge is -2.21. The van der Waals surface area contributed by atoms with Gasteiger partial charge in [0.1, 0.15) is 0 Å². The zero-order valence-electron chi connectivity index (χ0n) is 12.9. The normalized spacial score (nSPS) is 22.6.